The van der Waals surface area contributed by atoms with Gasteiger partial charge in [-0.25, -0.2) is 0 Å². The van der Waals surface area contributed by atoms with E-state index in [1.807, 2.05) is 0 Å². The number of hydrogen-bond acceptors (Lipinski definition) is 2. The molecule has 1 heterocycles. The van der Waals surface area contributed by atoms with E-state index in [9.17, 15) is 0 Å². The average Bonchev–Trinajstić information content (AvgIpc) is 2.48. The third kappa shape index (κ3) is 0.967. The van der Waals surface area contributed by atoms with Crippen molar-refractivity contribution < 1.29 is 4.84 Å². The van der Waals surface area contributed by atoms with Crippen LogP contribution >= 0.6 is 0 Å². The number of nitrogens with zero attached hydrogens (tertiary/aromatic N) is 1. The van der Waals surface area contributed by atoms with Crippen molar-refractivity contribution in [2.45, 2.75) is 6.23 Å². The predicted molar refractivity (Wildman–Crippen MR) is 32.0 cm³/mol. The molecule has 1 saturated heterocycles. The van der Waals surface area contributed by atoms with Gasteiger partial charge in [0, 0.05) is 6.54 Å². The van der Waals surface area contributed by atoms with Gasteiger partial charge in [0.1, 0.15) is 0 Å². The largest absolute Gasteiger partial charge is 0.270 e. The van der Waals surface area contributed by atoms with E-state index in [0.29, 0.717) is 0 Å². The highest BCUT2D eigenvalue weighted by atomic mass is 16.8. The van der Waals surface area contributed by atoms with E-state index >= 15 is 0 Å². The molecule has 0 aromatic heterocycles. The second kappa shape index (κ2) is 2.11. The fraction of sp³-hybridized carbons (Fsp3) is 0.333. The van der Waals surface area contributed by atoms with Gasteiger partial charge < -0.3 is 0 Å². The highest BCUT2D eigenvalue weighted by Crippen LogP contribution is 2.19. The van der Waals surface area contributed by atoms with E-state index in [-0.39, 0.29) is 6.23 Å². The summed E-state index contributed by atoms with van der Waals surface area (Å²) in [6.07, 6.45) is 3.69. The zero-order chi connectivity index (χ0) is 5.98. The Morgan fingerprint density at radius 3 is 2.75 bits per heavy atom. The van der Waals surface area contributed by atoms with Crippen LogP contribution < -0.4 is 0 Å². The number of hydrogen-bond donors (Lipinski definition) is 0. The van der Waals surface area contributed by atoms with Crippen LogP contribution in [0.1, 0.15) is 0 Å². The molecule has 2 atom stereocenters. The van der Waals surface area contributed by atoms with Crippen LogP contribution in [-0.2, 0) is 4.84 Å². The summed E-state index contributed by atoms with van der Waals surface area (Å²) in [5.74, 6) is 0. The highest BCUT2D eigenvalue weighted by molar-refractivity contribution is 4.87. The normalized spacial score (nSPS) is 34.0. The van der Waals surface area contributed by atoms with Gasteiger partial charge in [0.15, 0.2) is 6.23 Å². The second-order valence-electron chi connectivity index (χ2n) is 1.62. The monoisotopic (exact) mass is 111 g/mol. The molecular weight excluding hydrogens is 102 g/mol. The molecule has 2 nitrogen and oxygen atoms in total. The Morgan fingerprint density at radius 1 is 1.62 bits per heavy atom. The standard InChI is InChI=1S/C6H9NO/c1-3-5-7-6(4-2)8-7/h3-4,6H,1-2,5H2. The van der Waals surface area contributed by atoms with Gasteiger partial charge in [-0.2, -0.15) is 0 Å². The first kappa shape index (κ1) is 5.54. The molecule has 0 aromatic carbocycles. The summed E-state index contributed by atoms with van der Waals surface area (Å²) in [6, 6.07) is 0. The molecule has 0 radical (unpaired) electrons. The molecule has 0 bridgehead atoms. The van der Waals surface area contributed by atoms with Crippen molar-refractivity contribution in [3.8, 4) is 0 Å². The minimum Gasteiger partial charge on any atom is -0.270 e. The highest BCUT2D eigenvalue weighted by Gasteiger charge is 2.31. The third-order valence-corrected chi connectivity index (χ3v) is 0.992. The Labute approximate surface area is 49.0 Å². The number of rotatable bonds is 3. The van der Waals surface area contributed by atoms with Gasteiger partial charge in [-0.05, 0) is 6.08 Å². The van der Waals surface area contributed by atoms with Gasteiger partial charge in [0.2, 0.25) is 0 Å². The Balaban J connectivity index is 2.16. The molecule has 1 aliphatic rings. The van der Waals surface area contributed by atoms with E-state index in [1.165, 1.54) is 0 Å². The maximum atomic E-state index is 4.95. The maximum Gasteiger partial charge on any atom is 0.173 e. The van der Waals surface area contributed by atoms with Gasteiger partial charge >= 0.3 is 0 Å². The fourth-order valence-corrected chi connectivity index (χ4v) is 0.546. The lowest BCUT2D eigenvalue weighted by molar-refractivity contribution is 0.216. The first-order valence-electron chi connectivity index (χ1n) is 2.55. The quantitative estimate of drug-likeness (QED) is 0.397. The molecule has 1 fully saturated rings. The summed E-state index contributed by atoms with van der Waals surface area (Å²) in [6.45, 7) is 7.90. The van der Waals surface area contributed by atoms with Crippen LogP contribution in [0, 0.1) is 0 Å². The van der Waals surface area contributed by atoms with Crippen molar-refractivity contribution in [1.82, 2.24) is 5.06 Å². The molecule has 44 valence electrons. The molecule has 1 rings (SSSR count). The zero-order valence-corrected chi connectivity index (χ0v) is 4.71. The van der Waals surface area contributed by atoms with Crippen molar-refractivity contribution in [3.63, 3.8) is 0 Å². The summed E-state index contributed by atoms with van der Waals surface area (Å²) < 4.78 is 0. The smallest absolute Gasteiger partial charge is 0.173 e. The summed E-state index contributed by atoms with van der Waals surface area (Å²) in [4.78, 5) is 4.95. The van der Waals surface area contributed by atoms with Crippen LogP contribution in [0.25, 0.3) is 0 Å². The van der Waals surface area contributed by atoms with Crippen LogP contribution in [0.15, 0.2) is 25.3 Å². The third-order valence-electron chi connectivity index (χ3n) is 0.992. The Kier molecular flexibility index (Phi) is 1.46. The van der Waals surface area contributed by atoms with Crippen molar-refractivity contribution in [1.29, 1.82) is 0 Å². The lowest BCUT2D eigenvalue weighted by Crippen LogP contribution is -1.97. The molecule has 0 spiro atoms. The van der Waals surface area contributed by atoms with E-state index in [0.717, 1.165) is 6.54 Å². The molecular formula is C6H9NO. The van der Waals surface area contributed by atoms with Crippen molar-refractivity contribution >= 4 is 0 Å². The topological polar surface area (TPSA) is 15.5 Å². The minimum absolute atomic E-state index is 0.146. The number of hydroxylamine groups is 2. The predicted octanol–water partition coefficient (Wildman–Crippen LogP) is 0.932. The molecule has 0 saturated carbocycles. The Morgan fingerprint density at radius 2 is 2.38 bits per heavy atom. The fourth-order valence-electron chi connectivity index (χ4n) is 0.546. The van der Waals surface area contributed by atoms with Gasteiger partial charge in [-0.3, -0.25) is 4.84 Å². The van der Waals surface area contributed by atoms with Crippen LogP contribution in [0.4, 0.5) is 0 Å². The van der Waals surface area contributed by atoms with E-state index in [1.54, 1.807) is 17.2 Å². The van der Waals surface area contributed by atoms with Crippen LogP contribution in [0.2, 0.25) is 0 Å². The Hall–Kier alpha value is -0.600. The van der Waals surface area contributed by atoms with Crippen LogP contribution in [0.5, 0.6) is 0 Å². The Bertz CT molecular complexity index is 111. The molecule has 0 aromatic rings. The second-order valence-corrected chi connectivity index (χ2v) is 1.62. The molecule has 2 heteroatoms. The summed E-state index contributed by atoms with van der Waals surface area (Å²) >= 11 is 0. The van der Waals surface area contributed by atoms with Gasteiger partial charge in [0.05, 0.1) is 0 Å². The molecule has 1 aliphatic heterocycles. The van der Waals surface area contributed by atoms with Gasteiger partial charge in [-0.1, -0.05) is 12.7 Å². The molecule has 0 aliphatic carbocycles. The van der Waals surface area contributed by atoms with Crippen molar-refractivity contribution in [2.24, 2.45) is 0 Å². The lowest BCUT2D eigenvalue weighted by Gasteiger charge is -1.82. The minimum atomic E-state index is 0.146. The molecule has 0 amide bonds. The zero-order valence-electron chi connectivity index (χ0n) is 4.71. The van der Waals surface area contributed by atoms with Gasteiger partial charge in [0.25, 0.3) is 0 Å². The van der Waals surface area contributed by atoms with Crippen LogP contribution in [0.3, 0.4) is 0 Å². The maximum absolute atomic E-state index is 4.95. The average molecular weight is 111 g/mol. The summed E-state index contributed by atoms with van der Waals surface area (Å²) in [7, 11) is 0. The van der Waals surface area contributed by atoms with Crippen molar-refractivity contribution in [3.05, 3.63) is 25.3 Å². The molecule has 0 N–H and O–H groups in total. The molecule has 8 heavy (non-hydrogen) atoms. The first-order chi connectivity index (χ1) is 3.88. The summed E-state index contributed by atoms with van der Waals surface area (Å²) in [5, 5.41) is 1.79. The van der Waals surface area contributed by atoms with E-state index in [2.05, 4.69) is 13.2 Å². The van der Waals surface area contributed by atoms with E-state index < -0.39 is 0 Å². The molecule has 2 unspecified atom stereocenters. The van der Waals surface area contributed by atoms with Crippen molar-refractivity contribution in [2.75, 3.05) is 6.54 Å². The van der Waals surface area contributed by atoms with Crippen LogP contribution in [-0.4, -0.2) is 17.8 Å². The SMILES string of the molecule is C=CCN1OC1C=C. The first-order valence-corrected chi connectivity index (χ1v) is 2.55. The van der Waals surface area contributed by atoms with Gasteiger partial charge in [-0.15, -0.1) is 11.6 Å². The lowest BCUT2D eigenvalue weighted by atomic mass is 10.5. The van der Waals surface area contributed by atoms with E-state index in [4.69, 9.17) is 4.84 Å². The summed E-state index contributed by atoms with van der Waals surface area (Å²) in [5.41, 5.74) is 0.